The molecular formula is C57H34O2. The standard InChI is InChI=1S/C57H34O2/c1-3-14-38(15-4-1)57(39-16-5-2-6-17-39)50-33-36(41-21-12-24-52-54(41)49-30-25-35-13-7-8-18-42(35)56(49)59-52)26-28-44(50)48-32-31-43-40(20-11-22-47(43)55(48)57)37-27-29-46-45-19-9-10-23-51(45)58-53(46)34-37/h1-34H. The molecule has 1 aliphatic carbocycles. The van der Waals surface area contributed by atoms with Crippen LogP contribution in [0.2, 0.25) is 0 Å². The molecule has 13 rings (SSSR count). The third-order valence-corrected chi connectivity index (χ3v) is 13.0. The van der Waals surface area contributed by atoms with Crippen LogP contribution in [-0.4, -0.2) is 0 Å². The minimum Gasteiger partial charge on any atom is -0.456 e. The molecule has 10 aromatic carbocycles. The first kappa shape index (κ1) is 32.4. The van der Waals surface area contributed by atoms with Gasteiger partial charge in [0.15, 0.2) is 0 Å². The summed E-state index contributed by atoms with van der Waals surface area (Å²) in [4.78, 5) is 0. The van der Waals surface area contributed by atoms with Gasteiger partial charge >= 0.3 is 0 Å². The van der Waals surface area contributed by atoms with Crippen LogP contribution in [0.3, 0.4) is 0 Å². The molecule has 0 aliphatic heterocycles. The number of rotatable bonds is 4. The summed E-state index contributed by atoms with van der Waals surface area (Å²) in [6.45, 7) is 0. The van der Waals surface area contributed by atoms with Crippen molar-refractivity contribution < 1.29 is 8.83 Å². The maximum Gasteiger partial charge on any atom is 0.143 e. The molecule has 0 fully saturated rings. The van der Waals surface area contributed by atoms with Gasteiger partial charge in [0, 0.05) is 26.9 Å². The van der Waals surface area contributed by atoms with Crippen LogP contribution in [0.25, 0.3) is 98.8 Å². The van der Waals surface area contributed by atoms with E-state index in [1.165, 1.54) is 66.2 Å². The second-order valence-electron chi connectivity index (χ2n) is 15.9. The predicted molar refractivity (Wildman–Crippen MR) is 244 cm³/mol. The fraction of sp³-hybridized carbons (Fsp3) is 0.0175. The lowest BCUT2D eigenvalue weighted by Gasteiger charge is -2.35. The molecule has 2 heterocycles. The largest absolute Gasteiger partial charge is 0.456 e. The van der Waals surface area contributed by atoms with Crippen LogP contribution in [0, 0.1) is 0 Å². The SMILES string of the molecule is c1ccc(C2(c3ccccc3)c3cc(-c4cccc5oc6c7ccccc7ccc6c45)ccc3-c3ccc4c(-c5ccc6c(c5)oc5ccccc56)cccc4c32)cc1. The van der Waals surface area contributed by atoms with Crippen molar-refractivity contribution >= 4 is 65.4 Å². The van der Waals surface area contributed by atoms with Crippen LogP contribution in [0.4, 0.5) is 0 Å². The Hall–Kier alpha value is -7.68. The molecule has 12 aromatic rings. The van der Waals surface area contributed by atoms with Gasteiger partial charge in [-0.3, -0.25) is 0 Å². The molecule has 2 heteroatoms. The van der Waals surface area contributed by atoms with E-state index in [1.54, 1.807) is 0 Å². The zero-order valence-corrected chi connectivity index (χ0v) is 31.9. The highest BCUT2D eigenvalue weighted by molar-refractivity contribution is 6.19. The molecule has 0 unspecified atom stereocenters. The molecule has 0 radical (unpaired) electrons. The molecule has 1 aliphatic rings. The Kier molecular flexibility index (Phi) is 6.68. The average Bonchev–Trinajstić information content (AvgIpc) is 3.97. The van der Waals surface area contributed by atoms with Crippen molar-refractivity contribution in [1.29, 1.82) is 0 Å². The molecular weight excluding hydrogens is 717 g/mol. The summed E-state index contributed by atoms with van der Waals surface area (Å²) in [5.41, 5.74) is 15.3. The minimum absolute atomic E-state index is 0.605. The number of furan rings is 2. The summed E-state index contributed by atoms with van der Waals surface area (Å²) in [5.74, 6) is 0. The molecule has 0 bridgehead atoms. The maximum atomic E-state index is 6.68. The fourth-order valence-corrected chi connectivity index (χ4v) is 10.5. The Balaban J connectivity index is 1.09. The van der Waals surface area contributed by atoms with Gasteiger partial charge in [0.25, 0.3) is 0 Å². The van der Waals surface area contributed by atoms with Crippen molar-refractivity contribution in [3.05, 3.63) is 229 Å². The number of para-hydroxylation sites is 1. The Morgan fingerprint density at radius 2 is 0.932 bits per heavy atom. The van der Waals surface area contributed by atoms with Crippen LogP contribution in [0.5, 0.6) is 0 Å². The first-order valence-electron chi connectivity index (χ1n) is 20.3. The van der Waals surface area contributed by atoms with Crippen molar-refractivity contribution in [3.8, 4) is 33.4 Å². The minimum atomic E-state index is -0.605. The third kappa shape index (κ3) is 4.46. The Labute approximate surface area is 340 Å². The van der Waals surface area contributed by atoms with Crippen molar-refractivity contribution in [2.75, 3.05) is 0 Å². The summed E-state index contributed by atoms with van der Waals surface area (Å²) in [5, 5.41) is 9.32. The van der Waals surface area contributed by atoms with E-state index in [9.17, 15) is 0 Å². The molecule has 0 atom stereocenters. The molecule has 274 valence electrons. The highest BCUT2D eigenvalue weighted by atomic mass is 16.3. The van der Waals surface area contributed by atoms with Crippen LogP contribution in [0.15, 0.2) is 215 Å². The van der Waals surface area contributed by atoms with Gasteiger partial charge in [-0.2, -0.15) is 0 Å². The van der Waals surface area contributed by atoms with E-state index >= 15 is 0 Å². The summed E-state index contributed by atoms with van der Waals surface area (Å²) < 4.78 is 13.1. The first-order chi connectivity index (χ1) is 29.3. The van der Waals surface area contributed by atoms with Crippen LogP contribution in [-0.2, 0) is 5.41 Å². The van der Waals surface area contributed by atoms with Crippen molar-refractivity contribution in [1.82, 2.24) is 0 Å². The summed E-state index contributed by atoms with van der Waals surface area (Å²) in [6.07, 6.45) is 0. The Bertz CT molecular complexity index is 3620. The van der Waals surface area contributed by atoms with Crippen molar-refractivity contribution in [2.45, 2.75) is 5.41 Å². The number of benzene rings is 10. The van der Waals surface area contributed by atoms with E-state index in [1.807, 2.05) is 12.1 Å². The van der Waals surface area contributed by atoms with Gasteiger partial charge in [-0.1, -0.05) is 170 Å². The van der Waals surface area contributed by atoms with Crippen LogP contribution >= 0.6 is 0 Å². The van der Waals surface area contributed by atoms with Crippen LogP contribution in [0.1, 0.15) is 22.3 Å². The predicted octanol–water partition coefficient (Wildman–Crippen LogP) is 15.5. The molecule has 59 heavy (non-hydrogen) atoms. The number of hydrogen-bond acceptors (Lipinski definition) is 2. The van der Waals surface area contributed by atoms with E-state index < -0.39 is 5.41 Å². The van der Waals surface area contributed by atoms with Gasteiger partial charge in [0.05, 0.1) is 5.41 Å². The zero-order chi connectivity index (χ0) is 38.7. The maximum absolute atomic E-state index is 6.68. The highest BCUT2D eigenvalue weighted by Crippen LogP contribution is 2.59. The van der Waals surface area contributed by atoms with E-state index in [0.717, 1.165) is 54.8 Å². The van der Waals surface area contributed by atoms with Gasteiger partial charge in [0.1, 0.15) is 22.3 Å². The molecule has 2 aromatic heterocycles. The molecule has 0 saturated heterocycles. The summed E-state index contributed by atoms with van der Waals surface area (Å²) >= 11 is 0. The first-order valence-corrected chi connectivity index (χ1v) is 20.3. The van der Waals surface area contributed by atoms with E-state index in [-0.39, 0.29) is 0 Å². The fourth-order valence-electron chi connectivity index (χ4n) is 10.5. The molecule has 0 spiro atoms. The Morgan fingerprint density at radius 3 is 1.78 bits per heavy atom. The second-order valence-corrected chi connectivity index (χ2v) is 15.9. The second kappa shape index (κ2) is 12.2. The van der Waals surface area contributed by atoms with E-state index in [4.69, 9.17) is 8.83 Å². The highest BCUT2D eigenvalue weighted by Gasteiger charge is 2.47. The van der Waals surface area contributed by atoms with Gasteiger partial charge < -0.3 is 8.83 Å². The topological polar surface area (TPSA) is 26.3 Å². The molecule has 0 amide bonds. The van der Waals surface area contributed by atoms with Gasteiger partial charge in [-0.25, -0.2) is 0 Å². The lowest BCUT2D eigenvalue weighted by atomic mass is 9.66. The number of fused-ring (bicyclic) bond motifs is 13. The van der Waals surface area contributed by atoms with Gasteiger partial charge in [-0.05, 0) is 108 Å². The zero-order valence-electron chi connectivity index (χ0n) is 31.9. The van der Waals surface area contributed by atoms with Crippen LogP contribution < -0.4 is 0 Å². The Morgan fingerprint density at radius 1 is 0.322 bits per heavy atom. The monoisotopic (exact) mass is 750 g/mol. The van der Waals surface area contributed by atoms with E-state index in [2.05, 4.69) is 194 Å². The third-order valence-electron chi connectivity index (χ3n) is 13.0. The molecule has 2 nitrogen and oxygen atoms in total. The van der Waals surface area contributed by atoms with Crippen molar-refractivity contribution in [3.63, 3.8) is 0 Å². The van der Waals surface area contributed by atoms with Gasteiger partial charge in [0.2, 0.25) is 0 Å². The quantitative estimate of drug-likeness (QED) is 0.179. The average molecular weight is 751 g/mol. The summed E-state index contributed by atoms with van der Waals surface area (Å²) in [7, 11) is 0. The summed E-state index contributed by atoms with van der Waals surface area (Å²) in [6, 6.07) is 75.2. The lowest BCUT2D eigenvalue weighted by molar-refractivity contribution is 0.669. The van der Waals surface area contributed by atoms with Crippen molar-refractivity contribution in [2.24, 2.45) is 0 Å². The number of hydrogen-bond donors (Lipinski definition) is 0. The normalized spacial score (nSPS) is 13.2. The molecule has 0 N–H and O–H groups in total. The van der Waals surface area contributed by atoms with E-state index in [0.29, 0.717) is 0 Å². The smallest absolute Gasteiger partial charge is 0.143 e. The lowest BCUT2D eigenvalue weighted by Crippen LogP contribution is -2.29. The molecule has 0 saturated carbocycles. The van der Waals surface area contributed by atoms with Gasteiger partial charge in [-0.15, -0.1) is 0 Å².